The Labute approximate surface area is 183 Å². The molecule has 1 aliphatic rings. The van der Waals surface area contributed by atoms with Crippen molar-refractivity contribution in [3.8, 4) is 0 Å². The van der Waals surface area contributed by atoms with Crippen LogP contribution < -0.4 is 10.2 Å². The molecule has 1 atom stereocenters. The normalized spacial score (nSPS) is 14.6. The topological polar surface area (TPSA) is 75.4 Å². The molecule has 170 valence electrons. The number of rotatable bonds is 6. The van der Waals surface area contributed by atoms with Crippen LogP contribution in [-0.4, -0.2) is 44.6 Å². The molecular weight excluding hydrogens is 421 g/mol. The predicted octanol–water partition coefficient (Wildman–Crippen LogP) is 3.26. The number of amides is 1. The number of hydrogen-bond donors (Lipinski definition) is 1. The zero-order chi connectivity index (χ0) is 23.0. The van der Waals surface area contributed by atoms with E-state index in [0.29, 0.717) is 29.9 Å². The Balaban J connectivity index is 1.38. The van der Waals surface area contributed by atoms with Crippen LogP contribution in [0.1, 0.15) is 41.7 Å². The number of halogens is 3. The van der Waals surface area contributed by atoms with Gasteiger partial charge in [0.25, 0.3) is 11.6 Å². The third kappa shape index (κ3) is 4.26. The first-order valence-corrected chi connectivity index (χ1v) is 10.6. The second-order valence-electron chi connectivity index (χ2n) is 8.13. The molecule has 0 unspecified atom stereocenters. The second-order valence-corrected chi connectivity index (χ2v) is 8.13. The van der Waals surface area contributed by atoms with E-state index in [9.17, 15) is 18.0 Å². The van der Waals surface area contributed by atoms with Gasteiger partial charge in [-0.3, -0.25) is 4.79 Å². The zero-order valence-corrected chi connectivity index (χ0v) is 18.2. The van der Waals surface area contributed by atoms with Crippen molar-refractivity contribution in [3.63, 3.8) is 0 Å². The molecule has 3 aromatic rings. The number of aromatic nitrogens is 4. The van der Waals surface area contributed by atoms with Gasteiger partial charge in [-0.2, -0.15) is 18.2 Å². The molecule has 32 heavy (non-hydrogen) atoms. The van der Waals surface area contributed by atoms with Gasteiger partial charge in [0.1, 0.15) is 0 Å². The molecule has 1 N–H and O–H groups in total. The van der Waals surface area contributed by atoms with Gasteiger partial charge in [-0.05, 0) is 50.8 Å². The summed E-state index contributed by atoms with van der Waals surface area (Å²) in [4.78, 5) is 22.4. The molecule has 1 aromatic carbocycles. The summed E-state index contributed by atoms with van der Waals surface area (Å²) in [6, 6.07) is 8.44. The van der Waals surface area contributed by atoms with Crippen LogP contribution in [0.25, 0.3) is 5.78 Å². The van der Waals surface area contributed by atoms with Crippen molar-refractivity contribution in [1.82, 2.24) is 24.9 Å². The Kier molecular flexibility index (Phi) is 5.79. The molecule has 4 rings (SSSR count). The summed E-state index contributed by atoms with van der Waals surface area (Å²) in [6.45, 7) is 6.89. The molecule has 1 amide bonds. The average Bonchev–Trinajstić information content (AvgIpc) is 3.36. The molecule has 0 saturated heterocycles. The maximum Gasteiger partial charge on any atom is 0.453 e. The maximum atomic E-state index is 12.9. The van der Waals surface area contributed by atoms with Crippen molar-refractivity contribution in [2.45, 2.75) is 52.3 Å². The lowest BCUT2D eigenvalue weighted by Crippen LogP contribution is -2.41. The van der Waals surface area contributed by atoms with E-state index in [1.165, 1.54) is 11.3 Å². The monoisotopic (exact) mass is 446 g/mol. The largest absolute Gasteiger partial charge is 0.453 e. The standard InChI is InChI=1S/C22H25F3N6O/c1-13(30-11-10-16-6-4-5-7-18(16)30)12-26-19(32)9-8-17-14(2)27-21-28-20(22(23,24)25)29-31(21)15(17)3/h4-7,13H,8-12H2,1-3H3,(H,26,32)/t13-/m0/s1. The van der Waals surface area contributed by atoms with Crippen molar-refractivity contribution < 1.29 is 18.0 Å². The fourth-order valence-electron chi connectivity index (χ4n) is 4.21. The van der Waals surface area contributed by atoms with Gasteiger partial charge in [-0.25, -0.2) is 9.50 Å². The number of para-hydroxylation sites is 1. The van der Waals surface area contributed by atoms with Crippen LogP contribution in [0.2, 0.25) is 0 Å². The number of anilines is 1. The SMILES string of the molecule is Cc1nc2nc(C(F)(F)F)nn2c(C)c1CCC(=O)NC[C@H](C)N1CCc2ccccc21. The van der Waals surface area contributed by atoms with E-state index >= 15 is 0 Å². The maximum absolute atomic E-state index is 12.9. The van der Waals surface area contributed by atoms with E-state index in [2.05, 4.69) is 44.3 Å². The van der Waals surface area contributed by atoms with Gasteiger partial charge in [-0.1, -0.05) is 18.2 Å². The molecule has 1 aliphatic heterocycles. The lowest BCUT2D eigenvalue weighted by Gasteiger charge is -2.27. The first-order chi connectivity index (χ1) is 15.1. The molecule has 10 heteroatoms. The number of benzene rings is 1. The lowest BCUT2D eigenvalue weighted by atomic mass is 10.1. The first-order valence-electron chi connectivity index (χ1n) is 10.6. The number of nitrogens with zero attached hydrogens (tertiary/aromatic N) is 5. The summed E-state index contributed by atoms with van der Waals surface area (Å²) in [5.74, 6) is -1.43. The van der Waals surface area contributed by atoms with Crippen molar-refractivity contribution >= 4 is 17.4 Å². The number of hydrogen-bond acceptors (Lipinski definition) is 5. The van der Waals surface area contributed by atoms with Gasteiger partial charge in [-0.15, -0.1) is 5.10 Å². The summed E-state index contributed by atoms with van der Waals surface area (Å²) >= 11 is 0. The van der Waals surface area contributed by atoms with E-state index in [1.54, 1.807) is 13.8 Å². The highest BCUT2D eigenvalue weighted by molar-refractivity contribution is 5.76. The smallest absolute Gasteiger partial charge is 0.366 e. The van der Waals surface area contributed by atoms with E-state index in [0.717, 1.165) is 17.5 Å². The minimum Gasteiger partial charge on any atom is -0.366 e. The third-order valence-electron chi connectivity index (χ3n) is 5.95. The van der Waals surface area contributed by atoms with Gasteiger partial charge < -0.3 is 10.2 Å². The number of aryl methyl sites for hydroxylation is 2. The van der Waals surface area contributed by atoms with Crippen molar-refractivity contribution in [3.05, 3.63) is 52.6 Å². The van der Waals surface area contributed by atoms with Crippen molar-refractivity contribution in [1.29, 1.82) is 0 Å². The molecule has 0 fully saturated rings. The van der Waals surface area contributed by atoms with Crippen LogP contribution in [0.15, 0.2) is 24.3 Å². The van der Waals surface area contributed by atoms with E-state index in [-0.39, 0.29) is 24.1 Å². The Hall–Kier alpha value is -3.17. The van der Waals surface area contributed by atoms with Gasteiger partial charge in [0.05, 0.1) is 0 Å². The van der Waals surface area contributed by atoms with Gasteiger partial charge >= 0.3 is 6.18 Å². The van der Waals surface area contributed by atoms with Crippen LogP contribution in [0.3, 0.4) is 0 Å². The number of alkyl halides is 3. The summed E-state index contributed by atoms with van der Waals surface area (Å²) in [6.07, 6.45) is -3.07. The molecule has 0 aliphatic carbocycles. The number of carbonyl (C=O) groups is 1. The predicted molar refractivity (Wildman–Crippen MR) is 114 cm³/mol. The number of carbonyl (C=O) groups excluding carboxylic acids is 1. The van der Waals surface area contributed by atoms with E-state index in [4.69, 9.17) is 0 Å². The highest BCUT2D eigenvalue weighted by atomic mass is 19.4. The highest BCUT2D eigenvalue weighted by Gasteiger charge is 2.37. The number of nitrogens with one attached hydrogen (secondary N) is 1. The third-order valence-corrected chi connectivity index (χ3v) is 5.95. The van der Waals surface area contributed by atoms with Crippen LogP contribution in [-0.2, 0) is 23.8 Å². The molecule has 3 heterocycles. The second kappa shape index (κ2) is 8.40. The Morgan fingerprint density at radius 1 is 1.22 bits per heavy atom. The summed E-state index contributed by atoms with van der Waals surface area (Å²) in [5, 5.41) is 6.52. The van der Waals surface area contributed by atoms with Gasteiger partial charge in [0, 0.05) is 42.6 Å². The minimum absolute atomic E-state index is 0.0970. The minimum atomic E-state index is -4.64. The molecular formula is C22H25F3N6O. The first kappa shape index (κ1) is 22.0. The molecule has 2 aromatic heterocycles. The Bertz CT molecular complexity index is 1160. The number of fused-ring (bicyclic) bond motifs is 2. The van der Waals surface area contributed by atoms with Gasteiger partial charge in [0.15, 0.2) is 0 Å². The molecule has 0 saturated carbocycles. The highest BCUT2D eigenvalue weighted by Crippen LogP contribution is 2.29. The summed E-state index contributed by atoms with van der Waals surface area (Å²) < 4.78 is 39.9. The van der Waals surface area contributed by atoms with Crippen LogP contribution >= 0.6 is 0 Å². The molecule has 0 bridgehead atoms. The van der Waals surface area contributed by atoms with E-state index < -0.39 is 12.0 Å². The summed E-state index contributed by atoms with van der Waals surface area (Å²) in [7, 11) is 0. The summed E-state index contributed by atoms with van der Waals surface area (Å²) in [5.41, 5.74) is 4.29. The van der Waals surface area contributed by atoms with Crippen LogP contribution in [0.5, 0.6) is 0 Å². The van der Waals surface area contributed by atoms with Crippen LogP contribution in [0, 0.1) is 13.8 Å². The molecule has 0 spiro atoms. The fourth-order valence-corrected chi connectivity index (χ4v) is 4.21. The fraction of sp³-hybridized carbons (Fsp3) is 0.455. The zero-order valence-electron chi connectivity index (χ0n) is 18.2. The molecule has 0 radical (unpaired) electrons. The average molecular weight is 446 g/mol. The van der Waals surface area contributed by atoms with E-state index in [1.807, 2.05) is 12.1 Å². The lowest BCUT2D eigenvalue weighted by molar-refractivity contribution is -0.144. The Morgan fingerprint density at radius 2 is 1.97 bits per heavy atom. The van der Waals surface area contributed by atoms with Gasteiger partial charge in [0.2, 0.25) is 5.91 Å². The quantitative estimate of drug-likeness (QED) is 0.629. The van der Waals surface area contributed by atoms with Crippen molar-refractivity contribution in [2.75, 3.05) is 18.0 Å². The van der Waals surface area contributed by atoms with Crippen LogP contribution in [0.4, 0.5) is 18.9 Å². The van der Waals surface area contributed by atoms with Crippen molar-refractivity contribution in [2.24, 2.45) is 0 Å². The molecule has 7 nitrogen and oxygen atoms in total. The Morgan fingerprint density at radius 3 is 2.72 bits per heavy atom.